The van der Waals surface area contributed by atoms with Gasteiger partial charge >= 0.3 is 0 Å². The molecule has 1 aromatic carbocycles. The van der Waals surface area contributed by atoms with Gasteiger partial charge in [0.1, 0.15) is 5.75 Å². The van der Waals surface area contributed by atoms with Crippen molar-refractivity contribution in [2.75, 3.05) is 6.61 Å². The highest BCUT2D eigenvalue weighted by molar-refractivity contribution is 6.25. The first-order valence-corrected chi connectivity index (χ1v) is 6.15. The Labute approximate surface area is 106 Å². The molecule has 0 unspecified atom stereocenters. The number of ether oxygens (including phenoxy) is 1. The van der Waals surface area contributed by atoms with Crippen LogP contribution in [0.4, 0.5) is 0 Å². The number of hydrogen-bond donors (Lipinski definition) is 0. The fourth-order valence-electron chi connectivity index (χ4n) is 1.88. The highest BCUT2D eigenvalue weighted by Gasteiger charge is 2.03. The van der Waals surface area contributed by atoms with Crippen molar-refractivity contribution in [2.24, 2.45) is 0 Å². The van der Waals surface area contributed by atoms with Crippen molar-refractivity contribution >= 4 is 22.5 Å². The van der Waals surface area contributed by atoms with Gasteiger partial charge < -0.3 is 9.30 Å². The van der Waals surface area contributed by atoms with Gasteiger partial charge in [-0.2, -0.15) is 0 Å². The Morgan fingerprint density at radius 1 is 1.41 bits per heavy atom. The summed E-state index contributed by atoms with van der Waals surface area (Å²) in [4.78, 5) is 0. The minimum atomic E-state index is 0.695. The first kappa shape index (κ1) is 12.1. The molecule has 0 saturated heterocycles. The molecular formula is C14H16ClNO. The molecule has 0 aliphatic rings. The number of aromatic nitrogens is 1. The molecule has 2 rings (SSSR count). The van der Waals surface area contributed by atoms with E-state index in [2.05, 4.69) is 29.0 Å². The third-order valence-corrected chi connectivity index (χ3v) is 3.03. The predicted octanol–water partition coefficient (Wildman–Crippen LogP) is 4.18. The Kier molecular flexibility index (Phi) is 3.75. The maximum absolute atomic E-state index is 5.69. The van der Waals surface area contributed by atoms with E-state index in [1.54, 1.807) is 5.54 Å². The number of benzene rings is 1. The largest absolute Gasteiger partial charge is 0.494 e. The van der Waals surface area contributed by atoms with Crippen molar-refractivity contribution in [1.29, 1.82) is 0 Å². The quantitative estimate of drug-likeness (QED) is 0.793. The average Bonchev–Trinajstić information content (AvgIpc) is 2.72. The highest BCUT2D eigenvalue weighted by Crippen LogP contribution is 2.22. The van der Waals surface area contributed by atoms with Crippen molar-refractivity contribution in [2.45, 2.75) is 20.4 Å². The second-order valence-corrected chi connectivity index (χ2v) is 4.27. The Bertz CT molecular complexity index is 542. The molecule has 2 aromatic rings. The number of rotatable bonds is 4. The molecule has 0 bridgehead atoms. The van der Waals surface area contributed by atoms with Gasteiger partial charge in [-0.05, 0) is 43.7 Å². The highest BCUT2D eigenvalue weighted by atomic mass is 35.5. The Balaban J connectivity index is 2.34. The zero-order valence-electron chi connectivity index (χ0n) is 10.1. The predicted molar refractivity (Wildman–Crippen MR) is 72.7 cm³/mol. The second kappa shape index (κ2) is 5.28. The summed E-state index contributed by atoms with van der Waals surface area (Å²) in [5, 5.41) is 1.19. The van der Waals surface area contributed by atoms with E-state index >= 15 is 0 Å². The number of allylic oxidation sites excluding steroid dienone is 1. The van der Waals surface area contributed by atoms with Gasteiger partial charge in [-0.25, -0.2) is 0 Å². The van der Waals surface area contributed by atoms with Crippen LogP contribution in [0.15, 0.2) is 41.6 Å². The first-order valence-electron chi connectivity index (χ1n) is 5.72. The van der Waals surface area contributed by atoms with Crippen LogP contribution in [-0.4, -0.2) is 11.2 Å². The van der Waals surface area contributed by atoms with Crippen molar-refractivity contribution < 1.29 is 4.74 Å². The van der Waals surface area contributed by atoms with Gasteiger partial charge in [-0.3, -0.25) is 0 Å². The molecule has 0 saturated carbocycles. The molecule has 0 radical (unpaired) electrons. The van der Waals surface area contributed by atoms with Crippen LogP contribution in [0.3, 0.4) is 0 Å². The third kappa shape index (κ3) is 2.64. The lowest BCUT2D eigenvalue weighted by Crippen LogP contribution is -1.97. The van der Waals surface area contributed by atoms with E-state index in [9.17, 15) is 0 Å². The molecule has 1 aromatic heterocycles. The summed E-state index contributed by atoms with van der Waals surface area (Å²) in [6.07, 6.45) is 2.07. The van der Waals surface area contributed by atoms with Crippen LogP contribution in [0.25, 0.3) is 10.9 Å². The van der Waals surface area contributed by atoms with Gasteiger partial charge in [-0.15, -0.1) is 0 Å². The third-order valence-electron chi connectivity index (χ3n) is 2.66. The molecule has 0 amide bonds. The molecular weight excluding hydrogens is 234 g/mol. The number of halogens is 1. The van der Waals surface area contributed by atoms with Crippen LogP contribution in [0.1, 0.15) is 13.8 Å². The molecule has 0 aliphatic heterocycles. The topological polar surface area (TPSA) is 14.2 Å². The molecule has 90 valence electrons. The van der Waals surface area contributed by atoms with Crippen LogP contribution in [0, 0.1) is 0 Å². The Morgan fingerprint density at radius 3 is 2.94 bits per heavy atom. The number of nitrogens with zero attached hydrogens (tertiary/aromatic N) is 1. The Hall–Kier alpha value is -1.41. The fourth-order valence-corrected chi connectivity index (χ4v) is 1.94. The van der Waals surface area contributed by atoms with Gasteiger partial charge in [0.2, 0.25) is 0 Å². The lowest BCUT2D eigenvalue weighted by Gasteiger charge is -2.06. The fraction of sp³-hybridized carbons (Fsp3) is 0.286. The summed E-state index contributed by atoms with van der Waals surface area (Å²) in [7, 11) is 0. The standard InChI is InChI=1S/C14H16ClNO/c1-3-17-13-4-5-14-12(8-13)6-7-16(14)10-11(2)9-15/h4-9H,3,10H2,1-2H3/b11-9+. The molecule has 0 aliphatic carbocycles. The lowest BCUT2D eigenvalue weighted by molar-refractivity contribution is 0.340. The van der Waals surface area contributed by atoms with Crippen molar-refractivity contribution in [3.8, 4) is 5.75 Å². The SMILES string of the molecule is CCOc1ccc2c(ccn2C/C(C)=C/Cl)c1. The summed E-state index contributed by atoms with van der Waals surface area (Å²) >= 11 is 5.69. The average molecular weight is 250 g/mol. The normalized spacial score (nSPS) is 12.1. The summed E-state index contributed by atoms with van der Waals surface area (Å²) in [6.45, 7) is 5.53. The molecule has 2 nitrogen and oxygen atoms in total. The molecule has 1 heterocycles. The smallest absolute Gasteiger partial charge is 0.120 e. The lowest BCUT2D eigenvalue weighted by atomic mass is 10.2. The number of fused-ring (bicyclic) bond motifs is 1. The van der Waals surface area contributed by atoms with Gasteiger partial charge in [-0.1, -0.05) is 11.6 Å². The summed E-state index contributed by atoms with van der Waals surface area (Å²) in [5.41, 5.74) is 3.96. The molecule has 0 atom stereocenters. The van der Waals surface area contributed by atoms with E-state index in [0.29, 0.717) is 6.61 Å². The van der Waals surface area contributed by atoms with E-state index in [-0.39, 0.29) is 0 Å². The second-order valence-electron chi connectivity index (χ2n) is 4.05. The first-order chi connectivity index (χ1) is 8.24. The van der Waals surface area contributed by atoms with E-state index in [0.717, 1.165) is 17.9 Å². The minimum absolute atomic E-state index is 0.695. The molecule has 3 heteroatoms. The molecule has 0 N–H and O–H groups in total. The van der Waals surface area contributed by atoms with E-state index in [1.807, 2.05) is 19.9 Å². The zero-order chi connectivity index (χ0) is 12.3. The van der Waals surface area contributed by atoms with Crippen LogP contribution >= 0.6 is 11.6 Å². The Morgan fingerprint density at radius 2 is 2.24 bits per heavy atom. The van der Waals surface area contributed by atoms with Crippen molar-refractivity contribution in [3.63, 3.8) is 0 Å². The van der Waals surface area contributed by atoms with Crippen molar-refractivity contribution in [3.05, 3.63) is 41.6 Å². The molecule has 0 fully saturated rings. The van der Waals surface area contributed by atoms with Crippen LogP contribution < -0.4 is 4.74 Å². The maximum Gasteiger partial charge on any atom is 0.120 e. The van der Waals surface area contributed by atoms with Crippen LogP contribution in [0.2, 0.25) is 0 Å². The summed E-state index contributed by atoms with van der Waals surface area (Å²) < 4.78 is 7.66. The van der Waals surface area contributed by atoms with Gasteiger partial charge in [0.15, 0.2) is 0 Å². The molecule has 0 spiro atoms. The van der Waals surface area contributed by atoms with Crippen LogP contribution in [0.5, 0.6) is 5.75 Å². The van der Waals surface area contributed by atoms with Crippen LogP contribution in [-0.2, 0) is 6.54 Å². The zero-order valence-corrected chi connectivity index (χ0v) is 10.9. The van der Waals surface area contributed by atoms with E-state index < -0.39 is 0 Å². The monoisotopic (exact) mass is 249 g/mol. The molecule has 17 heavy (non-hydrogen) atoms. The summed E-state index contributed by atoms with van der Waals surface area (Å²) in [5.74, 6) is 0.919. The number of hydrogen-bond acceptors (Lipinski definition) is 1. The minimum Gasteiger partial charge on any atom is -0.494 e. The van der Waals surface area contributed by atoms with E-state index in [4.69, 9.17) is 16.3 Å². The van der Waals surface area contributed by atoms with E-state index in [1.165, 1.54) is 10.9 Å². The van der Waals surface area contributed by atoms with Gasteiger partial charge in [0, 0.05) is 29.2 Å². The van der Waals surface area contributed by atoms with Gasteiger partial charge in [0.25, 0.3) is 0 Å². The van der Waals surface area contributed by atoms with Gasteiger partial charge in [0.05, 0.1) is 6.61 Å². The summed E-state index contributed by atoms with van der Waals surface area (Å²) in [6, 6.07) is 8.25. The maximum atomic E-state index is 5.69. The van der Waals surface area contributed by atoms with Crippen molar-refractivity contribution in [1.82, 2.24) is 4.57 Å².